The van der Waals surface area contributed by atoms with Crippen molar-refractivity contribution in [3.8, 4) is 11.5 Å². The van der Waals surface area contributed by atoms with Crippen molar-refractivity contribution in [1.82, 2.24) is 10.2 Å². The van der Waals surface area contributed by atoms with E-state index in [0.717, 1.165) is 43.2 Å². The summed E-state index contributed by atoms with van der Waals surface area (Å²) in [5.74, 6) is 1.59. The van der Waals surface area contributed by atoms with Crippen LogP contribution in [0.5, 0.6) is 11.5 Å². The van der Waals surface area contributed by atoms with Crippen LogP contribution >= 0.6 is 0 Å². The summed E-state index contributed by atoms with van der Waals surface area (Å²) in [6, 6.07) is 17.5. The number of rotatable bonds is 5. The number of nitrogens with zero attached hydrogens (tertiary/aromatic N) is 1. The third-order valence-electron chi connectivity index (χ3n) is 4.39. The van der Waals surface area contributed by atoms with Crippen molar-refractivity contribution in [3.63, 3.8) is 0 Å². The van der Waals surface area contributed by atoms with Crippen LogP contribution in [0.25, 0.3) is 0 Å². The van der Waals surface area contributed by atoms with Crippen molar-refractivity contribution < 1.29 is 9.84 Å². The highest BCUT2D eigenvalue weighted by molar-refractivity contribution is 5.33. The van der Waals surface area contributed by atoms with Gasteiger partial charge in [-0.3, -0.25) is 4.90 Å². The van der Waals surface area contributed by atoms with Gasteiger partial charge < -0.3 is 15.2 Å². The molecule has 1 aliphatic heterocycles. The van der Waals surface area contributed by atoms with Gasteiger partial charge in [-0.1, -0.05) is 30.3 Å². The summed E-state index contributed by atoms with van der Waals surface area (Å²) in [6.07, 6.45) is -0.487. The molecule has 0 aliphatic carbocycles. The molecule has 0 radical (unpaired) electrons. The topological polar surface area (TPSA) is 44.7 Å². The average molecular weight is 312 g/mol. The Balaban J connectivity index is 1.64. The fourth-order valence-electron chi connectivity index (χ4n) is 2.93. The summed E-state index contributed by atoms with van der Waals surface area (Å²) in [4.78, 5) is 2.33. The maximum atomic E-state index is 10.6. The van der Waals surface area contributed by atoms with E-state index in [4.69, 9.17) is 4.74 Å². The molecule has 3 rings (SSSR count). The van der Waals surface area contributed by atoms with Gasteiger partial charge in [0, 0.05) is 32.2 Å². The number of ether oxygens (including phenoxy) is 1. The molecule has 2 unspecified atom stereocenters. The first-order valence-electron chi connectivity index (χ1n) is 8.20. The number of aliphatic hydroxyl groups excluding tert-OH is 1. The van der Waals surface area contributed by atoms with Gasteiger partial charge in [-0.15, -0.1) is 0 Å². The molecule has 1 saturated heterocycles. The molecule has 23 heavy (non-hydrogen) atoms. The second-order valence-electron chi connectivity index (χ2n) is 5.96. The maximum Gasteiger partial charge on any atom is 0.127 e. The van der Waals surface area contributed by atoms with E-state index in [0.29, 0.717) is 0 Å². The first-order valence-corrected chi connectivity index (χ1v) is 8.20. The van der Waals surface area contributed by atoms with Crippen LogP contribution in [0.2, 0.25) is 0 Å². The van der Waals surface area contributed by atoms with Gasteiger partial charge in [0.15, 0.2) is 0 Å². The minimum atomic E-state index is -0.487. The Hall–Kier alpha value is -1.88. The zero-order chi connectivity index (χ0) is 16.1. The smallest absolute Gasteiger partial charge is 0.127 e. The predicted octanol–water partition coefficient (Wildman–Crippen LogP) is 2.81. The van der Waals surface area contributed by atoms with E-state index < -0.39 is 6.10 Å². The predicted molar refractivity (Wildman–Crippen MR) is 91.8 cm³/mol. The third kappa shape index (κ3) is 4.10. The molecule has 4 heteroatoms. The second kappa shape index (κ2) is 7.59. The molecule has 1 fully saturated rings. The van der Waals surface area contributed by atoms with Crippen molar-refractivity contribution in [2.24, 2.45) is 0 Å². The van der Waals surface area contributed by atoms with Crippen LogP contribution in [0.3, 0.4) is 0 Å². The van der Waals surface area contributed by atoms with Gasteiger partial charge in [-0.25, -0.2) is 0 Å². The van der Waals surface area contributed by atoms with Crippen LogP contribution in [0, 0.1) is 0 Å². The molecule has 1 heterocycles. The van der Waals surface area contributed by atoms with Crippen molar-refractivity contribution in [2.75, 3.05) is 26.2 Å². The standard InChI is InChI=1S/C19H24N2O2/c1-15(21-13-11-20-12-14-21)19(22)16-7-9-18(10-8-16)23-17-5-3-2-4-6-17/h2-10,15,19-20,22H,11-14H2,1H3. The minimum absolute atomic E-state index is 0.109. The van der Waals surface area contributed by atoms with Crippen LogP contribution in [0.1, 0.15) is 18.6 Å². The van der Waals surface area contributed by atoms with E-state index in [1.54, 1.807) is 0 Å². The number of hydrogen-bond donors (Lipinski definition) is 2. The molecule has 2 aromatic rings. The summed E-state index contributed by atoms with van der Waals surface area (Å²) in [5, 5.41) is 14.0. The minimum Gasteiger partial charge on any atom is -0.457 e. The van der Waals surface area contributed by atoms with Crippen molar-refractivity contribution in [3.05, 3.63) is 60.2 Å². The van der Waals surface area contributed by atoms with Crippen LogP contribution in [0.15, 0.2) is 54.6 Å². The third-order valence-corrected chi connectivity index (χ3v) is 4.39. The molecule has 2 aromatic carbocycles. The fraction of sp³-hybridized carbons (Fsp3) is 0.368. The van der Waals surface area contributed by atoms with E-state index >= 15 is 0 Å². The zero-order valence-electron chi connectivity index (χ0n) is 13.5. The van der Waals surface area contributed by atoms with Crippen LogP contribution < -0.4 is 10.1 Å². The SMILES string of the molecule is CC(C(O)c1ccc(Oc2ccccc2)cc1)N1CCNCC1. The number of benzene rings is 2. The molecule has 0 aromatic heterocycles. The van der Waals surface area contributed by atoms with Crippen LogP contribution in [-0.4, -0.2) is 42.2 Å². The van der Waals surface area contributed by atoms with Crippen LogP contribution in [0.4, 0.5) is 0 Å². The van der Waals surface area contributed by atoms with Gasteiger partial charge in [0.05, 0.1) is 6.10 Å². The number of piperazine rings is 1. The second-order valence-corrected chi connectivity index (χ2v) is 5.96. The highest BCUT2D eigenvalue weighted by atomic mass is 16.5. The van der Waals surface area contributed by atoms with Gasteiger partial charge in [0.25, 0.3) is 0 Å². The molecular weight excluding hydrogens is 288 g/mol. The van der Waals surface area contributed by atoms with Crippen molar-refractivity contribution in [2.45, 2.75) is 19.1 Å². The van der Waals surface area contributed by atoms with E-state index in [9.17, 15) is 5.11 Å². The van der Waals surface area contributed by atoms with Gasteiger partial charge in [0.1, 0.15) is 11.5 Å². The monoisotopic (exact) mass is 312 g/mol. The first-order chi connectivity index (χ1) is 11.2. The summed E-state index contributed by atoms with van der Waals surface area (Å²) >= 11 is 0. The van der Waals surface area contributed by atoms with Gasteiger partial charge >= 0.3 is 0 Å². The molecule has 2 N–H and O–H groups in total. The molecule has 0 spiro atoms. The quantitative estimate of drug-likeness (QED) is 0.891. The Morgan fingerprint density at radius 1 is 0.957 bits per heavy atom. The summed E-state index contributed by atoms with van der Waals surface area (Å²) < 4.78 is 5.79. The lowest BCUT2D eigenvalue weighted by atomic mass is 10.0. The van der Waals surface area contributed by atoms with Crippen molar-refractivity contribution >= 4 is 0 Å². The summed E-state index contributed by atoms with van der Waals surface area (Å²) in [6.45, 7) is 6.02. The molecule has 0 saturated carbocycles. The van der Waals surface area contributed by atoms with E-state index in [1.807, 2.05) is 54.6 Å². The highest BCUT2D eigenvalue weighted by Crippen LogP contribution is 2.26. The van der Waals surface area contributed by atoms with E-state index in [-0.39, 0.29) is 6.04 Å². The molecule has 0 amide bonds. The fourth-order valence-corrected chi connectivity index (χ4v) is 2.93. The Labute approximate surface area is 137 Å². The normalized spacial score (nSPS) is 18.3. The maximum absolute atomic E-state index is 10.6. The van der Waals surface area contributed by atoms with Crippen LogP contribution in [-0.2, 0) is 0 Å². The molecule has 2 atom stereocenters. The van der Waals surface area contributed by atoms with Crippen molar-refractivity contribution in [1.29, 1.82) is 0 Å². The molecule has 0 bridgehead atoms. The number of nitrogens with one attached hydrogen (secondary N) is 1. The molecule has 1 aliphatic rings. The van der Waals surface area contributed by atoms with Gasteiger partial charge in [-0.05, 0) is 36.8 Å². The van der Waals surface area contributed by atoms with E-state index in [2.05, 4.69) is 17.1 Å². The Morgan fingerprint density at radius 2 is 1.57 bits per heavy atom. The summed E-state index contributed by atoms with van der Waals surface area (Å²) in [7, 11) is 0. The first kappa shape index (κ1) is 16.0. The Morgan fingerprint density at radius 3 is 2.22 bits per heavy atom. The Bertz CT molecular complexity index is 595. The van der Waals surface area contributed by atoms with Gasteiger partial charge in [0.2, 0.25) is 0 Å². The largest absolute Gasteiger partial charge is 0.457 e. The van der Waals surface area contributed by atoms with E-state index in [1.165, 1.54) is 0 Å². The Kier molecular flexibility index (Phi) is 5.28. The number of aliphatic hydroxyl groups is 1. The zero-order valence-corrected chi connectivity index (χ0v) is 13.5. The number of para-hydroxylation sites is 1. The summed E-state index contributed by atoms with van der Waals surface area (Å²) in [5.41, 5.74) is 0.927. The number of hydrogen-bond acceptors (Lipinski definition) is 4. The average Bonchev–Trinajstić information content (AvgIpc) is 2.63. The lowest BCUT2D eigenvalue weighted by Gasteiger charge is -2.35. The lowest BCUT2D eigenvalue weighted by Crippen LogP contribution is -2.49. The lowest BCUT2D eigenvalue weighted by molar-refractivity contribution is 0.0510. The highest BCUT2D eigenvalue weighted by Gasteiger charge is 2.24. The molecule has 4 nitrogen and oxygen atoms in total. The molecular formula is C19H24N2O2. The van der Waals surface area contributed by atoms with Gasteiger partial charge in [-0.2, -0.15) is 0 Å². The molecule has 122 valence electrons.